The lowest BCUT2D eigenvalue weighted by molar-refractivity contribution is 0.249. The van der Waals surface area contributed by atoms with Crippen LogP contribution in [0.15, 0.2) is 54.9 Å². The van der Waals surface area contributed by atoms with Crippen LogP contribution in [0.2, 0.25) is 0 Å². The Labute approximate surface area is 127 Å². The summed E-state index contributed by atoms with van der Waals surface area (Å²) in [7, 11) is 1.62. The molecule has 1 heterocycles. The molecule has 0 fully saturated rings. The number of hydrogen-bond acceptors (Lipinski definition) is 3. The van der Waals surface area contributed by atoms with E-state index in [0.717, 1.165) is 22.3 Å². The molecule has 0 aliphatic heterocycles. The number of nitrogens with one attached hydrogen (secondary N) is 2. The number of imidazole rings is 1. The van der Waals surface area contributed by atoms with Gasteiger partial charge in [0.25, 0.3) is 0 Å². The molecule has 112 valence electrons. The van der Waals surface area contributed by atoms with Crippen molar-refractivity contribution < 1.29 is 9.53 Å². The molecule has 0 aliphatic carbocycles. The van der Waals surface area contributed by atoms with Gasteiger partial charge in [0.2, 0.25) is 0 Å². The second-order valence-electron chi connectivity index (χ2n) is 4.75. The third kappa shape index (κ3) is 3.01. The van der Waals surface area contributed by atoms with Gasteiger partial charge in [0, 0.05) is 6.54 Å². The number of methoxy groups -OCH3 is 1. The zero-order valence-corrected chi connectivity index (χ0v) is 12.1. The van der Waals surface area contributed by atoms with E-state index in [1.807, 2.05) is 48.5 Å². The third-order valence-corrected chi connectivity index (χ3v) is 3.29. The highest BCUT2D eigenvalue weighted by atomic mass is 16.5. The minimum atomic E-state index is -0.293. The molecular weight excluding hydrogens is 280 g/mol. The molecule has 2 amide bonds. The van der Waals surface area contributed by atoms with Crippen LogP contribution in [0.1, 0.15) is 5.56 Å². The maximum Gasteiger partial charge on any atom is 0.334 e. The summed E-state index contributed by atoms with van der Waals surface area (Å²) < 4.78 is 6.69. The minimum absolute atomic E-state index is 0.293. The van der Waals surface area contributed by atoms with Crippen molar-refractivity contribution in [3.8, 4) is 5.75 Å². The molecule has 22 heavy (non-hydrogen) atoms. The van der Waals surface area contributed by atoms with Crippen molar-refractivity contribution in [3.05, 3.63) is 60.4 Å². The van der Waals surface area contributed by atoms with Gasteiger partial charge in [0.15, 0.2) is 0 Å². The van der Waals surface area contributed by atoms with Crippen LogP contribution >= 0.6 is 0 Å². The fourth-order valence-electron chi connectivity index (χ4n) is 2.12. The number of benzene rings is 2. The van der Waals surface area contributed by atoms with Crippen molar-refractivity contribution in [1.82, 2.24) is 15.0 Å². The van der Waals surface area contributed by atoms with E-state index in [-0.39, 0.29) is 6.03 Å². The highest BCUT2D eigenvalue weighted by Crippen LogP contribution is 2.11. The quantitative estimate of drug-likeness (QED) is 0.777. The second-order valence-corrected chi connectivity index (χ2v) is 4.75. The van der Waals surface area contributed by atoms with E-state index in [2.05, 4.69) is 15.7 Å². The van der Waals surface area contributed by atoms with Gasteiger partial charge in [-0.2, -0.15) is 0 Å². The van der Waals surface area contributed by atoms with Crippen LogP contribution < -0.4 is 15.5 Å². The lowest BCUT2D eigenvalue weighted by atomic mass is 10.2. The van der Waals surface area contributed by atoms with Crippen molar-refractivity contribution in [2.75, 3.05) is 12.5 Å². The van der Waals surface area contributed by atoms with Crippen molar-refractivity contribution in [2.45, 2.75) is 6.54 Å². The molecule has 0 bridgehead atoms. The SMILES string of the molecule is COc1ccc(CNC(=O)Nn2cnc3ccccc32)cc1. The van der Waals surface area contributed by atoms with E-state index in [4.69, 9.17) is 4.74 Å². The largest absolute Gasteiger partial charge is 0.497 e. The summed E-state index contributed by atoms with van der Waals surface area (Å²) in [4.78, 5) is 16.2. The molecule has 3 rings (SSSR count). The Hall–Kier alpha value is -3.02. The number of rotatable bonds is 4. The number of amides is 2. The Morgan fingerprint density at radius 2 is 1.95 bits per heavy atom. The minimum Gasteiger partial charge on any atom is -0.497 e. The first kappa shape index (κ1) is 13.9. The molecule has 0 atom stereocenters. The maximum atomic E-state index is 12.0. The molecule has 0 saturated carbocycles. The van der Waals surface area contributed by atoms with Gasteiger partial charge in [-0.05, 0) is 29.8 Å². The molecule has 0 radical (unpaired) electrons. The number of nitrogens with zero attached hydrogens (tertiary/aromatic N) is 2. The Bertz CT molecular complexity index is 780. The van der Waals surface area contributed by atoms with Gasteiger partial charge in [0.1, 0.15) is 12.1 Å². The first-order chi connectivity index (χ1) is 10.8. The molecule has 0 aliphatic rings. The molecule has 0 unspecified atom stereocenters. The van der Waals surface area contributed by atoms with Crippen molar-refractivity contribution in [1.29, 1.82) is 0 Å². The van der Waals surface area contributed by atoms with E-state index < -0.39 is 0 Å². The highest BCUT2D eigenvalue weighted by molar-refractivity contribution is 5.85. The summed E-state index contributed by atoms with van der Waals surface area (Å²) in [5.41, 5.74) is 5.41. The fraction of sp³-hybridized carbons (Fsp3) is 0.125. The van der Waals surface area contributed by atoms with Crippen LogP contribution in [0, 0.1) is 0 Å². The topological polar surface area (TPSA) is 68.2 Å². The summed E-state index contributed by atoms with van der Waals surface area (Å²) in [5.74, 6) is 0.790. The number of fused-ring (bicyclic) bond motifs is 1. The lowest BCUT2D eigenvalue weighted by Gasteiger charge is -2.09. The smallest absolute Gasteiger partial charge is 0.334 e. The Morgan fingerprint density at radius 3 is 2.73 bits per heavy atom. The third-order valence-electron chi connectivity index (χ3n) is 3.29. The fourth-order valence-corrected chi connectivity index (χ4v) is 2.12. The molecule has 0 saturated heterocycles. The summed E-state index contributed by atoms with van der Waals surface area (Å²) >= 11 is 0. The summed E-state index contributed by atoms with van der Waals surface area (Å²) in [6.07, 6.45) is 1.58. The van der Waals surface area contributed by atoms with E-state index >= 15 is 0 Å². The standard InChI is InChI=1S/C16H16N4O2/c1-22-13-8-6-12(7-9-13)10-17-16(21)19-20-11-18-14-4-2-3-5-15(14)20/h2-9,11H,10H2,1H3,(H2,17,19,21). The summed E-state index contributed by atoms with van der Waals surface area (Å²) in [5, 5.41) is 2.80. The number of carbonyl (C=O) groups excluding carboxylic acids is 1. The van der Waals surface area contributed by atoms with Gasteiger partial charge in [-0.1, -0.05) is 24.3 Å². The maximum absolute atomic E-state index is 12.0. The predicted molar refractivity (Wildman–Crippen MR) is 84.3 cm³/mol. The molecule has 2 N–H and O–H groups in total. The molecule has 1 aromatic heterocycles. The van der Waals surface area contributed by atoms with Gasteiger partial charge < -0.3 is 10.1 Å². The summed E-state index contributed by atoms with van der Waals surface area (Å²) in [6.45, 7) is 0.433. The highest BCUT2D eigenvalue weighted by Gasteiger charge is 2.05. The first-order valence-corrected chi connectivity index (χ1v) is 6.86. The van der Waals surface area contributed by atoms with Crippen molar-refractivity contribution in [2.24, 2.45) is 0 Å². The molecular formula is C16H16N4O2. The average Bonchev–Trinajstić information content (AvgIpc) is 2.97. The molecule has 6 heteroatoms. The van der Waals surface area contributed by atoms with Gasteiger partial charge in [0.05, 0.1) is 18.1 Å². The van der Waals surface area contributed by atoms with Gasteiger partial charge in [-0.25, -0.2) is 19.9 Å². The van der Waals surface area contributed by atoms with Crippen LogP contribution in [-0.4, -0.2) is 22.8 Å². The van der Waals surface area contributed by atoms with Gasteiger partial charge in [-0.15, -0.1) is 0 Å². The zero-order chi connectivity index (χ0) is 15.4. The molecule has 0 spiro atoms. The number of urea groups is 1. The normalized spacial score (nSPS) is 10.4. The molecule has 3 aromatic rings. The van der Waals surface area contributed by atoms with Crippen LogP contribution in [0.4, 0.5) is 4.79 Å². The first-order valence-electron chi connectivity index (χ1n) is 6.86. The van der Waals surface area contributed by atoms with Crippen molar-refractivity contribution in [3.63, 3.8) is 0 Å². The average molecular weight is 296 g/mol. The van der Waals surface area contributed by atoms with Crippen LogP contribution in [0.25, 0.3) is 11.0 Å². The molecule has 2 aromatic carbocycles. The zero-order valence-electron chi connectivity index (χ0n) is 12.1. The van der Waals surface area contributed by atoms with E-state index in [0.29, 0.717) is 6.54 Å². The number of aromatic nitrogens is 2. The Kier molecular flexibility index (Phi) is 3.91. The Balaban J connectivity index is 1.60. The molecule has 6 nitrogen and oxygen atoms in total. The van der Waals surface area contributed by atoms with E-state index in [1.54, 1.807) is 18.1 Å². The monoisotopic (exact) mass is 296 g/mol. The number of hydrogen-bond donors (Lipinski definition) is 2. The van der Waals surface area contributed by atoms with Gasteiger partial charge in [-0.3, -0.25) is 0 Å². The summed E-state index contributed by atoms with van der Waals surface area (Å²) in [6, 6.07) is 14.8. The van der Waals surface area contributed by atoms with E-state index in [1.165, 1.54) is 0 Å². The van der Waals surface area contributed by atoms with Gasteiger partial charge >= 0.3 is 6.03 Å². The van der Waals surface area contributed by atoms with E-state index in [9.17, 15) is 4.79 Å². The predicted octanol–water partition coefficient (Wildman–Crippen LogP) is 2.50. The van der Waals surface area contributed by atoms with Crippen molar-refractivity contribution >= 4 is 17.1 Å². The van der Waals surface area contributed by atoms with Crippen LogP contribution in [-0.2, 0) is 6.54 Å². The second kappa shape index (κ2) is 6.17. The number of ether oxygens (including phenoxy) is 1. The number of para-hydroxylation sites is 2. The lowest BCUT2D eigenvalue weighted by Crippen LogP contribution is -2.33. The number of carbonyl (C=O) groups is 1. The van der Waals surface area contributed by atoms with Crippen LogP contribution in [0.3, 0.4) is 0 Å². The Morgan fingerprint density at radius 1 is 1.18 bits per heavy atom. The van der Waals surface area contributed by atoms with Crippen LogP contribution in [0.5, 0.6) is 5.75 Å².